The zero-order valence-corrected chi connectivity index (χ0v) is 13.4. The van der Waals surface area contributed by atoms with Crippen molar-refractivity contribution in [2.75, 3.05) is 24.7 Å². The second kappa shape index (κ2) is 7.06. The highest BCUT2D eigenvalue weighted by molar-refractivity contribution is 7.88. The number of carbonyl (C=O) groups is 1. The van der Waals surface area contributed by atoms with Crippen molar-refractivity contribution in [2.24, 2.45) is 0 Å². The molecule has 0 bridgehead atoms. The quantitative estimate of drug-likeness (QED) is 0.875. The molecule has 1 amide bonds. The molecule has 0 saturated heterocycles. The molecule has 0 aromatic heterocycles. The second-order valence-corrected chi connectivity index (χ2v) is 7.02. The number of carbonyl (C=O) groups excluding carboxylic acids is 1. The lowest BCUT2D eigenvalue weighted by atomic mass is 10.2. The van der Waals surface area contributed by atoms with Crippen LogP contribution in [0.5, 0.6) is 0 Å². The third kappa shape index (κ3) is 5.11. The Morgan fingerprint density at radius 2 is 2.05 bits per heavy atom. The fraction of sp³-hybridized carbons (Fsp3) is 0.462. The monoisotopic (exact) mass is 318 g/mol. The lowest BCUT2D eigenvalue weighted by molar-refractivity contribution is -0.116. The summed E-state index contributed by atoms with van der Waals surface area (Å²) in [5.41, 5.74) is 1.46. The Hall–Kier alpha value is -1.11. The van der Waals surface area contributed by atoms with Crippen LogP contribution in [0.2, 0.25) is 5.02 Å². The number of nitrogens with one attached hydrogen (secondary N) is 1. The molecule has 5 nitrogen and oxygen atoms in total. The third-order valence-electron chi connectivity index (χ3n) is 2.74. The number of aryl methyl sites for hydroxylation is 1. The molecule has 0 aliphatic heterocycles. The maximum absolute atomic E-state index is 11.9. The van der Waals surface area contributed by atoms with Crippen LogP contribution in [0.15, 0.2) is 18.2 Å². The molecule has 0 radical (unpaired) electrons. The summed E-state index contributed by atoms with van der Waals surface area (Å²) in [7, 11) is -3.39. The number of hydrogen-bond donors (Lipinski definition) is 1. The van der Waals surface area contributed by atoms with Gasteiger partial charge in [-0.15, -0.1) is 0 Å². The number of anilines is 1. The van der Waals surface area contributed by atoms with Crippen molar-refractivity contribution in [3.63, 3.8) is 0 Å². The maximum atomic E-state index is 11.9. The number of rotatable bonds is 6. The highest BCUT2D eigenvalue weighted by Gasteiger charge is 2.19. The summed E-state index contributed by atoms with van der Waals surface area (Å²) in [5.74, 6) is -0.380. The van der Waals surface area contributed by atoms with Gasteiger partial charge in [0, 0.05) is 17.3 Å². The van der Waals surface area contributed by atoms with Crippen LogP contribution < -0.4 is 5.32 Å². The first-order valence-corrected chi connectivity index (χ1v) is 8.47. The molecule has 0 saturated carbocycles. The molecule has 0 aliphatic carbocycles. The van der Waals surface area contributed by atoms with Crippen molar-refractivity contribution >= 4 is 33.2 Å². The summed E-state index contributed by atoms with van der Waals surface area (Å²) < 4.78 is 24.3. The molecular weight excluding hydrogens is 300 g/mol. The van der Waals surface area contributed by atoms with Crippen LogP contribution in [0, 0.1) is 6.92 Å². The lowest BCUT2D eigenvalue weighted by Crippen LogP contribution is -2.37. The van der Waals surface area contributed by atoms with Crippen molar-refractivity contribution in [3.8, 4) is 0 Å². The van der Waals surface area contributed by atoms with Crippen LogP contribution in [0.3, 0.4) is 0 Å². The summed E-state index contributed by atoms with van der Waals surface area (Å²) >= 11 is 5.87. The topological polar surface area (TPSA) is 66.5 Å². The van der Waals surface area contributed by atoms with Crippen LogP contribution in [-0.4, -0.2) is 38.0 Å². The highest BCUT2D eigenvalue weighted by atomic mass is 35.5. The Balaban J connectivity index is 2.78. The predicted molar refractivity (Wildman–Crippen MR) is 81.5 cm³/mol. The number of sulfonamides is 1. The first kappa shape index (κ1) is 16.9. The van der Waals surface area contributed by atoms with Gasteiger partial charge in [0.15, 0.2) is 0 Å². The molecule has 1 aromatic rings. The Labute approximate surface area is 125 Å². The Morgan fingerprint density at radius 3 is 2.60 bits per heavy atom. The van der Waals surface area contributed by atoms with Crippen LogP contribution in [-0.2, 0) is 14.8 Å². The van der Waals surface area contributed by atoms with Gasteiger partial charge in [-0.1, -0.05) is 24.6 Å². The van der Waals surface area contributed by atoms with Gasteiger partial charge in [-0.25, -0.2) is 8.42 Å². The zero-order chi connectivity index (χ0) is 15.3. The molecule has 0 atom stereocenters. The fourth-order valence-corrected chi connectivity index (χ4v) is 2.73. The smallest absolute Gasteiger partial charge is 0.239 e. The molecular formula is C13H19ClN2O3S. The van der Waals surface area contributed by atoms with E-state index in [0.29, 0.717) is 23.7 Å². The molecule has 1 aromatic carbocycles. The largest absolute Gasteiger partial charge is 0.325 e. The summed E-state index contributed by atoms with van der Waals surface area (Å²) in [5, 5.41) is 3.20. The fourth-order valence-electron chi connectivity index (χ4n) is 1.69. The first-order chi connectivity index (χ1) is 9.24. The number of halogens is 1. The SMILES string of the molecule is CCCN(CC(=O)Nc1cc(Cl)ccc1C)S(C)(=O)=O. The van der Waals surface area contributed by atoms with Crippen molar-refractivity contribution in [2.45, 2.75) is 20.3 Å². The Kier molecular flexibility index (Phi) is 5.98. The van der Waals surface area contributed by atoms with Crippen LogP contribution in [0.25, 0.3) is 0 Å². The van der Waals surface area contributed by atoms with E-state index in [1.165, 1.54) is 0 Å². The maximum Gasteiger partial charge on any atom is 0.239 e. The van der Waals surface area contributed by atoms with Gasteiger partial charge in [0.2, 0.25) is 15.9 Å². The highest BCUT2D eigenvalue weighted by Crippen LogP contribution is 2.20. The molecule has 112 valence electrons. The molecule has 1 rings (SSSR count). The molecule has 20 heavy (non-hydrogen) atoms. The zero-order valence-electron chi connectivity index (χ0n) is 11.8. The second-order valence-electron chi connectivity index (χ2n) is 4.60. The van der Waals surface area contributed by atoms with Gasteiger partial charge in [0.1, 0.15) is 0 Å². The summed E-state index contributed by atoms with van der Waals surface area (Å²) in [4.78, 5) is 11.9. The molecule has 0 aliphatic rings. The van der Waals surface area contributed by atoms with E-state index in [4.69, 9.17) is 11.6 Å². The van der Waals surface area contributed by atoms with E-state index >= 15 is 0 Å². The van der Waals surface area contributed by atoms with Gasteiger partial charge in [0.25, 0.3) is 0 Å². The minimum absolute atomic E-state index is 0.196. The molecule has 7 heteroatoms. The van der Waals surface area contributed by atoms with E-state index in [9.17, 15) is 13.2 Å². The Morgan fingerprint density at radius 1 is 1.40 bits per heavy atom. The van der Waals surface area contributed by atoms with E-state index in [1.807, 2.05) is 13.8 Å². The van der Waals surface area contributed by atoms with Gasteiger partial charge in [0.05, 0.1) is 12.8 Å². The van der Waals surface area contributed by atoms with Crippen LogP contribution in [0.1, 0.15) is 18.9 Å². The normalized spacial score (nSPS) is 11.7. The van der Waals surface area contributed by atoms with E-state index in [-0.39, 0.29) is 12.5 Å². The average molecular weight is 319 g/mol. The molecule has 0 spiro atoms. The summed E-state index contributed by atoms with van der Waals surface area (Å²) in [6, 6.07) is 5.16. The van der Waals surface area contributed by atoms with E-state index in [0.717, 1.165) is 16.1 Å². The van der Waals surface area contributed by atoms with Gasteiger partial charge in [-0.2, -0.15) is 4.31 Å². The van der Waals surface area contributed by atoms with E-state index in [1.54, 1.807) is 18.2 Å². The summed E-state index contributed by atoms with van der Waals surface area (Å²) in [6.07, 6.45) is 1.75. The molecule has 0 fully saturated rings. The third-order valence-corrected chi connectivity index (χ3v) is 4.22. The van der Waals surface area contributed by atoms with E-state index < -0.39 is 10.0 Å². The minimum atomic E-state index is -3.39. The van der Waals surface area contributed by atoms with Crippen molar-refractivity contribution in [1.29, 1.82) is 0 Å². The number of nitrogens with zero attached hydrogens (tertiary/aromatic N) is 1. The molecule has 0 unspecified atom stereocenters. The first-order valence-electron chi connectivity index (χ1n) is 6.25. The van der Waals surface area contributed by atoms with Crippen LogP contribution >= 0.6 is 11.6 Å². The Bertz CT molecular complexity index is 587. The predicted octanol–water partition coefficient (Wildman–Crippen LogP) is 2.26. The number of benzene rings is 1. The lowest BCUT2D eigenvalue weighted by Gasteiger charge is -2.19. The van der Waals surface area contributed by atoms with Crippen molar-refractivity contribution in [3.05, 3.63) is 28.8 Å². The van der Waals surface area contributed by atoms with Gasteiger partial charge in [-0.05, 0) is 31.0 Å². The van der Waals surface area contributed by atoms with Gasteiger partial charge in [-0.3, -0.25) is 4.79 Å². The van der Waals surface area contributed by atoms with Crippen LogP contribution in [0.4, 0.5) is 5.69 Å². The van der Waals surface area contributed by atoms with Crippen molar-refractivity contribution < 1.29 is 13.2 Å². The minimum Gasteiger partial charge on any atom is -0.325 e. The molecule has 0 heterocycles. The summed E-state index contributed by atoms with van der Waals surface area (Å²) in [6.45, 7) is 3.82. The van der Waals surface area contributed by atoms with Gasteiger partial charge >= 0.3 is 0 Å². The van der Waals surface area contributed by atoms with Gasteiger partial charge < -0.3 is 5.32 Å². The number of hydrogen-bond acceptors (Lipinski definition) is 3. The van der Waals surface area contributed by atoms with E-state index in [2.05, 4.69) is 5.32 Å². The standard InChI is InChI=1S/C13H19ClN2O3S/c1-4-7-16(20(3,18)19)9-13(17)15-12-8-11(14)6-5-10(12)2/h5-6,8H,4,7,9H2,1-3H3,(H,15,17). The van der Waals surface area contributed by atoms with Crippen molar-refractivity contribution in [1.82, 2.24) is 4.31 Å². The molecule has 1 N–H and O–H groups in total. The average Bonchev–Trinajstić information content (AvgIpc) is 2.32. The number of amides is 1.